The van der Waals surface area contributed by atoms with Crippen molar-refractivity contribution >= 4 is 23.0 Å². The average molecular weight is 376 g/mol. The molecule has 0 spiro atoms. The van der Waals surface area contributed by atoms with Gasteiger partial charge in [0, 0.05) is 36.4 Å². The van der Waals surface area contributed by atoms with Crippen molar-refractivity contribution < 1.29 is 9.53 Å². The van der Waals surface area contributed by atoms with E-state index < -0.39 is 5.91 Å². The number of rotatable bonds is 6. The lowest BCUT2D eigenvalue weighted by molar-refractivity contribution is -0.112. The van der Waals surface area contributed by atoms with Gasteiger partial charge in [-0.05, 0) is 67.8 Å². The van der Waals surface area contributed by atoms with Crippen LogP contribution in [0.5, 0.6) is 5.75 Å². The molecule has 1 aliphatic heterocycles. The Labute approximate surface area is 165 Å². The van der Waals surface area contributed by atoms with Gasteiger partial charge in [-0.2, -0.15) is 5.26 Å². The number of benzene rings is 2. The molecule has 0 aliphatic carbocycles. The lowest BCUT2D eigenvalue weighted by Crippen LogP contribution is -2.29. The number of anilines is 3. The highest BCUT2D eigenvalue weighted by atomic mass is 16.5. The number of hydrogen-bond acceptors (Lipinski definition) is 5. The molecule has 0 radical (unpaired) electrons. The maximum absolute atomic E-state index is 12.3. The zero-order valence-corrected chi connectivity index (χ0v) is 15.9. The molecule has 0 unspecified atom stereocenters. The van der Waals surface area contributed by atoms with Crippen molar-refractivity contribution in [1.82, 2.24) is 0 Å². The summed E-state index contributed by atoms with van der Waals surface area (Å²) < 4.78 is 5.09. The maximum Gasteiger partial charge on any atom is 0.267 e. The molecule has 0 aromatic heterocycles. The number of carbonyl (C=O) groups is 1. The number of nitrogens with one attached hydrogen (secondary N) is 2. The Kier molecular flexibility index (Phi) is 6.53. The van der Waals surface area contributed by atoms with E-state index >= 15 is 0 Å². The van der Waals surface area contributed by atoms with Crippen LogP contribution < -0.4 is 20.3 Å². The summed E-state index contributed by atoms with van der Waals surface area (Å²) in [5.41, 5.74) is 2.62. The number of hydrogen-bond donors (Lipinski definition) is 2. The first kappa shape index (κ1) is 19.3. The number of carbonyl (C=O) groups excluding carboxylic acids is 1. The predicted molar refractivity (Wildman–Crippen MR) is 111 cm³/mol. The Hall–Kier alpha value is -3.46. The van der Waals surface area contributed by atoms with Crippen molar-refractivity contribution in [1.29, 1.82) is 5.26 Å². The first-order valence-electron chi connectivity index (χ1n) is 9.37. The zero-order chi connectivity index (χ0) is 19.8. The molecule has 1 fully saturated rings. The Morgan fingerprint density at radius 1 is 1.04 bits per heavy atom. The van der Waals surface area contributed by atoms with Gasteiger partial charge >= 0.3 is 0 Å². The van der Waals surface area contributed by atoms with Crippen LogP contribution >= 0.6 is 0 Å². The summed E-state index contributed by atoms with van der Waals surface area (Å²) in [4.78, 5) is 14.7. The fourth-order valence-electron chi connectivity index (χ4n) is 3.10. The molecule has 1 saturated heterocycles. The standard InChI is InChI=1S/C22H24N4O2/c1-28-21-11-7-19(8-12-21)25-22(27)17(15-23)16-24-18-5-9-20(10-6-18)26-13-3-2-4-14-26/h5-12,16,24H,2-4,13-14H2,1H3,(H,25,27)/b17-16-. The third-order valence-electron chi connectivity index (χ3n) is 4.68. The number of piperidine rings is 1. The van der Waals surface area contributed by atoms with E-state index in [0.717, 1.165) is 18.8 Å². The van der Waals surface area contributed by atoms with E-state index in [0.29, 0.717) is 11.4 Å². The number of nitriles is 1. The number of nitrogens with zero attached hydrogens (tertiary/aromatic N) is 2. The fourth-order valence-corrected chi connectivity index (χ4v) is 3.10. The molecule has 2 aromatic carbocycles. The third-order valence-corrected chi connectivity index (χ3v) is 4.68. The molecule has 0 saturated carbocycles. The molecule has 0 atom stereocenters. The summed E-state index contributed by atoms with van der Waals surface area (Å²) in [6.45, 7) is 2.19. The monoisotopic (exact) mass is 376 g/mol. The minimum atomic E-state index is -0.467. The van der Waals surface area contributed by atoms with E-state index in [1.165, 1.54) is 31.1 Å². The summed E-state index contributed by atoms with van der Waals surface area (Å²) in [7, 11) is 1.58. The van der Waals surface area contributed by atoms with Gasteiger partial charge in [-0.3, -0.25) is 4.79 Å². The van der Waals surface area contributed by atoms with Gasteiger partial charge in [0.15, 0.2) is 0 Å². The Morgan fingerprint density at radius 2 is 1.68 bits per heavy atom. The van der Waals surface area contributed by atoms with E-state index in [2.05, 4.69) is 27.7 Å². The highest BCUT2D eigenvalue weighted by Crippen LogP contribution is 2.22. The van der Waals surface area contributed by atoms with E-state index in [4.69, 9.17) is 4.74 Å². The summed E-state index contributed by atoms with van der Waals surface area (Å²) in [5, 5.41) is 15.0. The first-order chi connectivity index (χ1) is 13.7. The van der Waals surface area contributed by atoms with Crippen LogP contribution in [0.2, 0.25) is 0 Å². The van der Waals surface area contributed by atoms with Crippen molar-refractivity contribution in [2.24, 2.45) is 0 Å². The summed E-state index contributed by atoms with van der Waals surface area (Å²) in [5.74, 6) is 0.230. The molecule has 0 bridgehead atoms. The molecule has 144 valence electrons. The quantitative estimate of drug-likeness (QED) is 0.585. The minimum Gasteiger partial charge on any atom is -0.497 e. The van der Waals surface area contributed by atoms with Crippen LogP contribution in [-0.2, 0) is 4.79 Å². The van der Waals surface area contributed by atoms with Gasteiger partial charge in [0.1, 0.15) is 17.4 Å². The molecular weight excluding hydrogens is 352 g/mol. The molecule has 1 amide bonds. The average Bonchev–Trinajstić information content (AvgIpc) is 2.76. The Bertz CT molecular complexity index is 861. The van der Waals surface area contributed by atoms with E-state index in [1.807, 2.05) is 18.2 Å². The number of amides is 1. The second kappa shape index (κ2) is 9.47. The van der Waals surface area contributed by atoms with E-state index in [9.17, 15) is 10.1 Å². The summed E-state index contributed by atoms with van der Waals surface area (Å²) >= 11 is 0. The predicted octanol–water partition coefficient (Wildman–Crippen LogP) is 4.14. The van der Waals surface area contributed by atoms with Crippen LogP contribution in [0, 0.1) is 11.3 Å². The van der Waals surface area contributed by atoms with Crippen LogP contribution in [0.4, 0.5) is 17.1 Å². The zero-order valence-electron chi connectivity index (χ0n) is 15.9. The maximum atomic E-state index is 12.3. The topological polar surface area (TPSA) is 77.4 Å². The van der Waals surface area contributed by atoms with Gasteiger partial charge in [0.2, 0.25) is 0 Å². The Balaban J connectivity index is 1.60. The van der Waals surface area contributed by atoms with Crippen LogP contribution in [0.25, 0.3) is 0 Å². The lowest BCUT2D eigenvalue weighted by atomic mass is 10.1. The van der Waals surface area contributed by atoms with Crippen LogP contribution in [0.15, 0.2) is 60.3 Å². The molecule has 6 nitrogen and oxygen atoms in total. The van der Waals surface area contributed by atoms with Gasteiger partial charge < -0.3 is 20.3 Å². The van der Waals surface area contributed by atoms with Crippen LogP contribution in [-0.4, -0.2) is 26.1 Å². The number of ether oxygens (including phenoxy) is 1. The second-order valence-corrected chi connectivity index (χ2v) is 6.59. The van der Waals surface area contributed by atoms with Crippen LogP contribution in [0.1, 0.15) is 19.3 Å². The SMILES string of the molecule is COc1ccc(NC(=O)/C(C#N)=C\Nc2ccc(N3CCCCC3)cc2)cc1. The molecule has 1 aliphatic rings. The third kappa shape index (κ3) is 5.04. The van der Waals surface area contributed by atoms with Crippen molar-refractivity contribution in [3.8, 4) is 11.8 Å². The Morgan fingerprint density at radius 3 is 2.29 bits per heavy atom. The van der Waals surface area contributed by atoms with Crippen molar-refractivity contribution in [3.63, 3.8) is 0 Å². The number of methoxy groups -OCH3 is 1. The summed E-state index contributed by atoms with van der Waals surface area (Å²) in [6.07, 6.45) is 5.19. The summed E-state index contributed by atoms with van der Waals surface area (Å²) in [6, 6.07) is 16.9. The molecule has 2 N–H and O–H groups in total. The van der Waals surface area contributed by atoms with Gasteiger partial charge in [-0.25, -0.2) is 0 Å². The van der Waals surface area contributed by atoms with E-state index in [1.54, 1.807) is 31.4 Å². The molecule has 1 heterocycles. The second-order valence-electron chi connectivity index (χ2n) is 6.59. The lowest BCUT2D eigenvalue weighted by Gasteiger charge is -2.28. The van der Waals surface area contributed by atoms with Crippen LogP contribution in [0.3, 0.4) is 0 Å². The van der Waals surface area contributed by atoms with Gasteiger partial charge in [0.05, 0.1) is 7.11 Å². The highest BCUT2D eigenvalue weighted by molar-refractivity contribution is 6.06. The highest BCUT2D eigenvalue weighted by Gasteiger charge is 2.11. The van der Waals surface area contributed by atoms with Crippen molar-refractivity contribution in [2.45, 2.75) is 19.3 Å². The van der Waals surface area contributed by atoms with Crippen molar-refractivity contribution in [2.75, 3.05) is 35.7 Å². The smallest absolute Gasteiger partial charge is 0.267 e. The molecule has 3 rings (SSSR count). The first-order valence-corrected chi connectivity index (χ1v) is 9.37. The molecule has 2 aromatic rings. The largest absolute Gasteiger partial charge is 0.497 e. The van der Waals surface area contributed by atoms with Crippen molar-refractivity contribution in [3.05, 3.63) is 60.3 Å². The molecule has 28 heavy (non-hydrogen) atoms. The van der Waals surface area contributed by atoms with Gasteiger partial charge in [-0.15, -0.1) is 0 Å². The fraction of sp³-hybridized carbons (Fsp3) is 0.273. The van der Waals surface area contributed by atoms with E-state index in [-0.39, 0.29) is 5.57 Å². The minimum absolute atomic E-state index is 0.00377. The molecular formula is C22H24N4O2. The van der Waals surface area contributed by atoms with Gasteiger partial charge in [0.25, 0.3) is 5.91 Å². The molecule has 6 heteroatoms. The van der Waals surface area contributed by atoms with Gasteiger partial charge in [-0.1, -0.05) is 0 Å². The normalized spacial score (nSPS) is 14.1.